The van der Waals surface area contributed by atoms with Crippen molar-refractivity contribution in [1.29, 1.82) is 0 Å². The minimum absolute atomic E-state index is 0.0283. The lowest BCUT2D eigenvalue weighted by molar-refractivity contribution is -0.192. The van der Waals surface area contributed by atoms with E-state index in [0.717, 1.165) is 17.0 Å². The summed E-state index contributed by atoms with van der Waals surface area (Å²) in [4.78, 5) is 8.90. The van der Waals surface area contributed by atoms with Crippen LogP contribution in [0, 0.1) is 0 Å². The van der Waals surface area contributed by atoms with E-state index in [0.29, 0.717) is 18.9 Å². The zero-order chi connectivity index (χ0) is 20.3. The number of carbonyl (C=O) groups is 1. The smallest absolute Gasteiger partial charge is 0.487 e. The summed E-state index contributed by atoms with van der Waals surface area (Å²) in [6, 6.07) is 18.0. The molecule has 0 aliphatic rings. The average molecular weight is 402 g/mol. The van der Waals surface area contributed by atoms with E-state index < -0.39 is 12.1 Å². The van der Waals surface area contributed by atoms with Gasteiger partial charge >= 0.3 is 12.1 Å². The van der Waals surface area contributed by atoms with Gasteiger partial charge in [0.15, 0.2) is 0 Å². The molecule has 0 aliphatic carbocycles. The van der Waals surface area contributed by atoms with E-state index in [1.165, 1.54) is 0 Å². The maximum absolute atomic E-state index is 10.6. The van der Waals surface area contributed by atoms with Gasteiger partial charge in [0.1, 0.15) is 12.4 Å². The van der Waals surface area contributed by atoms with Crippen LogP contribution in [-0.2, 0) is 11.4 Å². The molecule has 0 aliphatic heterocycles. The van der Waals surface area contributed by atoms with Crippen molar-refractivity contribution in [3.05, 3.63) is 60.2 Å². The van der Waals surface area contributed by atoms with E-state index in [9.17, 15) is 13.2 Å². The summed E-state index contributed by atoms with van der Waals surface area (Å²) in [5.74, 6) is -1.27. The van der Waals surface area contributed by atoms with Crippen LogP contribution in [0.4, 0.5) is 18.9 Å². The standard InChI is InChI=1S/C16H20N2OS.C2HF3O2/c17-14(12-20)10-18-15-8-4-5-9-16(15)19-11-13-6-2-1-3-7-13;3-2(4,5)1(6)7/h1-9,14,18,20H,10-12,17H2;(H,6,7)/t14-;/m1./s1. The second kappa shape index (κ2) is 11.3. The first-order chi connectivity index (χ1) is 12.7. The average Bonchev–Trinajstić information content (AvgIpc) is 2.65. The van der Waals surface area contributed by atoms with Crippen molar-refractivity contribution in [3.63, 3.8) is 0 Å². The lowest BCUT2D eigenvalue weighted by Gasteiger charge is -2.15. The van der Waals surface area contributed by atoms with Gasteiger partial charge < -0.3 is 20.9 Å². The number of rotatable bonds is 7. The SMILES string of the molecule is N[C@@H](CS)CNc1ccccc1OCc1ccccc1.O=C(O)C(F)(F)F. The zero-order valence-electron chi connectivity index (χ0n) is 14.3. The lowest BCUT2D eigenvalue weighted by Crippen LogP contribution is -2.30. The third kappa shape index (κ3) is 9.20. The van der Waals surface area contributed by atoms with Gasteiger partial charge in [-0.1, -0.05) is 42.5 Å². The van der Waals surface area contributed by atoms with Gasteiger partial charge in [-0.15, -0.1) is 0 Å². The number of nitrogens with one attached hydrogen (secondary N) is 1. The number of halogens is 3. The lowest BCUT2D eigenvalue weighted by atomic mass is 10.2. The van der Waals surface area contributed by atoms with Crippen LogP contribution < -0.4 is 15.8 Å². The van der Waals surface area contributed by atoms with Crippen molar-refractivity contribution >= 4 is 24.3 Å². The van der Waals surface area contributed by atoms with Gasteiger partial charge in [0.25, 0.3) is 0 Å². The zero-order valence-corrected chi connectivity index (χ0v) is 15.2. The second-order valence-corrected chi connectivity index (χ2v) is 5.76. The molecule has 0 saturated carbocycles. The minimum Gasteiger partial charge on any atom is -0.487 e. The molecule has 0 bridgehead atoms. The van der Waals surface area contributed by atoms with Crippen LogP contribution in [0.1, 0.15) is 5.56 Å². The fourth-order valence-corrected chi connectivity index (χ4v) is 1.91. The van der Waals surface area contributed by atoms with Gasteiger partial charge in [-0.05, 0) is 17.7 Å². The van der Waals surface area contributed by atoms with Crippen LogP contribution in [0.5, 0.6) is 5.75 Å². The molecule has 9 heteroatoms. The second-order valence-electron chi connectivity index (χ2n) is 5.40. The first-order valence-corrected chi connectivity index (χ1v) is 8.53. The summed E-state index contributed by atoms with van der Waals surface area (Å²) >= 11 is 4.18. The molecule has 0 saturated heterocycles. The number of hydrogen-bond donors (Lipinski definition) is 4. The Kier molecular flexibility index (Phi) is 9.52. The van der Waals surface area contributed by atoms with Crippen LogP contribution in [-0.4, -0.2) is 35.6 Å². The third-order valence-electron chi connectivity index (χ3n) is 3.16. The Morgan fingerprint density at radius 2 is 1.70 bits per heavy atom. The molecule has 2 aromatic rings. The third-order valence-corrected chi connectivity index (χ3v) is 3.62. The molecule has 0 unspecified atom stereocenters. The highest BCUT2D eigenvalue weighted by Gasteiger charge is 2.38. The maximum atomic E-state index is 10.6. The first-order valence-electron chi connectivity index (χ1n) is 7.90. The Labute approximate surface area is 160 Å². The molecule has 5 nitrogen and oxygen atoms in total. The van der Waals surface area contributed by atoms with Crippen LogP contribution in [0.3, 0.4) is 0 Å². The quantitative estimate of drug-likeness (QED) is 0.532. The van der Waals surface area contributed by atoms with E-state index in [1.807, 2.05) is 54.6 Å². The highest BCUT2D eigenvalue weighted by atomic mass is 32.1. The van der Waals surface area contributed by atoms with Crippen molar-refractivity contribution in [3.8, 4) is 5.75 Å². The molecule has 148 valence electrons. The molecule has 0 spiro atoms. The Hall–Kier alpha value is -2.39. The van der Waals surface area contributed by atoms with Crippen LogP contribution in [0.15, 0.2) is 54.6 Å². The number of alkyl halides is 3. The normalized spacial score (nSPS) is 11.7. The van der Waals surface area contributed by atoms with Crippen molar-refractivity contribution in [2.45, 2.75) is 18.8 Å². The number of benzene rings is 2. The van der Waals surface area contributed by atoms with Crippen molar-refractivity contribution in [1.82, 2.24) is 0 Å². The molecular weight excluding hydrogens is 381 g/mol. The number of ether oxygens (including phenoxy) is 1. The summed E-state index contributed by atoms with van der Waals surface area (Å²) in [6.45, 7) is 1.23. The van der Waals surface area contributed by atoms with E-state index >= 15 is 0 Å². The summed E-state index contributed by atoms with van der Waals surface area (Å²) in [5, 5.41) is 10.4. The minimum atomic E-state index is -5.08. The maximum Gasteiger partial charge on any atom is 0.490 e. The fourth-order valence-electron chi connectivity index (χ4n) is 1.78. The van der Waals surface area contributed by atoms with E-state index in [4.69, 9.17) is 20.4 Å². The Balaban J connectivity index is 0.000000445. The summed E-state index contributed by atoms with van der Waals surface area (Å²) < 4.78 is 37.6. The number of para-hydroxylation sites is 2. The number of hydrogen-bond acceptors (Lipinski definition) is 5. The van der Waals surface area contributed by atoms with Gasteiger partial charge in [0.05, 0.1) is 5.69 Å². The number of carboxylic acid groups (broad SMARTS) is 1. The fraction of sp³-hybridized carbons (Fsp3) is 0.278. The number of nitrogens with two attached hydrogens (primary N) is 1. The van der Waals surface area contributed by atoms with Gasteiger partial charge in [-0.25, -0.2) is 4.79 Å². The highest BCUT2D eigenvalue weighted by Crippen LogP contribution is 2.24. The molecule has 1 atom stereocenters. The van der Waals surface area contributed by atoms with E-state index in [1.54, 1.807) is 0 Å². The van der Waals surface area contributed by atoms with Gasteiger partial charge in [-0.3, -0.25) is 0 Å². The molecule has 0 amide bonds. The van der Waals surface area contributed by atoms with Gasteiger partial charge in [0.2, 0.25) is 0 Å². The van der Waals surface area contributed by atoms with Crippen LogP contribution in [0.25, 0.3) is 0 Å². The monoisotopic (exact) mass is 402 g/mol. The van der Waals surface area contributed by atoms with Crippen molar-refractivity contribution in [2.75, 3.05) is 17.6 Å². The number of carboxylic acids is 1. The van der Waals surface area contributed by atoms with Crippen LogP contribution in [0.2, 0.25) is 0 Å². The molecule has 0 radical (unpaired) electrons. The molecule has 2 rings (SSSR count). The van der Waals surface area contributed by atoms with Gasteiger partial charge in [0, 0.05) is 18.3 Å². The number of aliphatic carboxylic acids is 1. The van der Waals surface area contributed by atoms with Crippen molar-refractivity contribution < 1.29 is 27.8 Å². The Bertz CT molecular complexity index is 700. The summed E-state index contributed by atoms with van der Waals surface area (Å²) in [6.07, 6.45) is -5.08. The molecule has 4 N–H and O–H groups in total. The largest absolute Gasteiger partial charge is 0.490 e. The van der Waals surface area contributed by atoms with Gasteiger partial charge in [-0.2, -0.15) is 25.8 Å². The van der Waals surface area contributed by atoms with Crippen LogP contribution >= 0.6 is 12.6 Å². The molecule has 0 heterocycles. The summed E-state index contributed by atoms with van der Waals surface area (Å²) in [5.41, 5.74) is 7.96. The Morgan fingerprint density at radius 1 is 1.15 bits per heavy atom. The predicted octanol–water partition coefficient (Wildman–Crippen LogP) is 3.57. The van der Waals surface area contributed by atoms with E-state index in [-0.39, 0.29) is 6.04 Å². The molecule has 0 fully saturated rings. The highest BCUT2D eigenvalue weighted by molar-refractivity contribution is 7.80. The Morgan fingerprint density at radius 3 is 2.26 bits per heavy atom. The molecular formula is C18H21F3N2O3S. The molecule has 0 aromatic heterocycles. The van der Waals surface area contributed by atoms with Crippen molar-refractivity contribution in [2.24, 2.45) is 5.73 Å². The van der Waals surface area contributed by atoms with E-state index in [2.05, 4.69) is 17.9 Å². The number of anilines is 1. The molecule has 27 heavy (non-hydrogen) atoms. The predicted molar refractivity (Wildman–Crippen MR) is 101 cm³/mol. The number of thiol groups is 1. The summed E-state index contributed by atoms with van der Waals surface area (Å²) in [7, 11) is 0. The molecule has 2 aromatic carbocycles. The topological polar surface area (TPSA) is 84.6 Å². The first kappa shape index (κ1) is 22.7.